The molecule has 0 radical (unpaired) electrons. The molecule has 258 valence electrons. The number of allylic oxidation sites excluding steroid dienone is 1. The van der Waals surface area contributed by atoms with Crippen molar-refractivity contribution in [2.45, 2.75) is 152 Å². The van der Waals surface area contributed by atoms with Crippen LogP contribution in [0.1, 0.15) is 86.0 Å². The molecule has 0 aromatic rings. The Labute approximate surface area is 266 Å². The van der Waals surface area contributed by atoms with E-state index >= 15 is 0 Å². The first-order chi connectivity index (χ1) is 21.0. The SMILES string of the molecule is CC(C1CC(C)(O)C(C)(O)C(OC2OC(CO)C(O)C(O)C2O)O1)C1CCC2C3CC=C4CC(O)CC(O)C4(C)C3CCC12C. The molecule has 0 aromatic heterocycles. The van der Waals surface area contributed by atoms with Gasteiger partial charge in [-0.2, -0.15) is 0 Å². The third kappa shape index (κ3) is 5.19. The fourth-order valence-electron chi connectivity index (χ4n) is 10.8. The van der Waals surface area contributed by atoms with E-state index in [2.05, 4.69) is 26.8 Å². The van der Waals surface area contributed by atoms with Gasteiger partial charge in [0.15, 0.2) is 12.6 Å². The van der Waals surface area contributed by atoms with E-state index in [9.17, 15) is 40.9 Å². The van der Waals surface area contributed by atoms with Crippen molar-refractivity contribution in [2.75, 3.05) is 6.61 Å². The summed E-state index contributed by atoms with van der Waals surface area (Å²) >= 11 is 0. The van der Waals surface area contributed by atoms with Gasteiger partial charge in [0.25, 0.3) is 0 Å². The van der Waals surface area contributed by atoms with Crippen molar-refractivity contribution in [2.24, 2.45) is 40.4 Å². The van der Waals surface area contributed by atoms with E-state index in [4.69, 9.17) is 14.2 Å². The number of ether oxygens (including phenoxy) is 3. The van der Waals surface area contributed by atoms with Gasteiger partial charge in [-0.15, -0.1) is 0 Å². The normalized spacial score (nSPS) is 57.4. The van der Waals surface area contributed by atoms with E-state index < -0.39 is 73.1 Å². The maximum absolute atomic E-state index is 11.6. The second-order valence-electron chi connectivity index (χ2n) is 16.3. The molecule has 4 aliphatic carbocycles. The summed E-state index contributed by atoms with van der Waals surface area (Å²) in [6, 6.07) is 0. The quantitative estimate of drug-likeness (QED) is 0.200. The first-order valence-electron chi connectivity index (χ1n) is 17.1. The Hall–Kier alpha value is -0.700. The van der Waals surface area contributed by atoms with Crippen molar-refractivity contribution in [3.63, 3.8) is 0 Å². The molecule has 6 rings (SSSR count). The highest BCUT2D eigenvalue weighted by Crippen LogP contribution is 2.67. The Balaban J connectivity index is 1.21. The predicted molar refractivity (Wildman–Crippen MR) is 161 cm³/mol. The third-order valence-corrected chi connectivity index (χ3v) is 14.0. The summed E-state index contributed by atoms with van der Waals surface area (Å²) in [5, 5.41) is 85.4. The van der Waals surface area contributed by atoms with E-state index in [0.29, 0.717) is 30.6 Å². The molecule has 0 amide bonds. The summed E-state index contributed by atoms with van der Waals surface area (Å²) in [4.78, 5) is 0. The third-order valence-electron chi connectivity index (χ3n) is 14.0. The zero-order valence-corrected chi connectivity index (χ0v) is 27.3. The topological polar surface area (TPSA) is 190 Å². The summed E-state index contributed by atoms with van der Waals surface area (Å²) in [7, 11) is 0. The first kappa shape index (κ1) is 34.2. The molecule has 6 aliphatic rings. The van der Waals surface area contributed by atoms with E-state index in [1.807, 2.05) is 0 Å². The van der Waals surface area contributed by atoms with Crippen LogP contribution in [0.25, 0.3) is 0 Å². The second kappa shape index (κ2) is 11.7. The Morgan fingerprint density at radius 2 is 1.64 bits per heavy atom. The number of fused-ring (bicyclic) bond motifs is 5. The van der Waals surface area contributed by atoms with Crippen LogP contribution >= 0.6 is 0 Å². The smallest absolute Gasteiger partial charge is 0.192 e. The molecule has 0 bridgehead atoms. The molecule has 5 fully saturated rings. The number of hydrogen-bond acceptors (Lipinski definition) is 11. The second-order valence-corrected chi connectivity index (χ2v) is 16.3. The lowest BCUT2D eigenvalue weighted by molar-refractivity contribution is -0.398. The van der Waals surface area contributed by atoms with Gasteiger partial charge in [0.05, 0.1) is 30.5 Å². The largest absolute Gasteiger partial charge is 0.394 e. The Morgan fingerprint density at radius 3 is 2.33 bits per heavy atom. The molecular weight excluding hydrogens is 584 g/mol. The fourth-order valence-corrected chi connectivity index (χ4v) is 10.8. The summed E-state index contributed by atoms with van der Waals surface area (Å²) in [5.74, 6) is 1.53. The molecule has 8 N–H and O–H groups in total. The number of aliphatic hydroxyl groups excluding tert-OH is 6. The van der Waals surface area contributed by atoms with Crippen LogP contribution in [-0.4, -0.2) is 114 Å². The fraction of sp³-hybridized carbons (Fsp3) is 0.941. The molecule has 2 saturated heterocycles. The summed E-state index contributed by atoms with van der Waals surface area (Å²) < 4.78 is 17.9. The van der Waals surface area contributed by atoms with Crippen molar-refractivity contribution in [3.05, 3.63) is 11.6 Å². The number of aliphatic hydroxyl groups is 8. The van der Waals surface area contributed by atoms with Gasteiger partial charge in [-0.25, -0.2) is 0 Å². The molecule has 11 heteroatoms. The maximum Gasteiger partial charge on any atom is 0.192 e. The van der Waals surface area contributed by atoms with Crippen molar-refractivity contribution >= 4 is 0 Å². The minimum atomic E-state index is -1.90. The molecule has 11 nitrogen and oxygen atoms in total. The number of rotatable bonds is 5. The van der Waals surface area contributed by atoms with E-state index in [1.165, 1.54) is 12.5 Å². The molecule has 18 unspecified atom stereocenters. The lowest BCUT2D eigenvalue weighted by Gasteiger charge is -2.60. The first-order valence-corrected chi connectivity index (χ1v) is 17.1. The van der Waals surface area contributed by atoms with Crippen LogP contribution in [0.15, 0.2) is 11.6 Å². The van der Waals surface area contributed by atoms with Crippen LogP contribution < -0.4 is 0 Å². The van der Waals surface area contributed by atoms with Crippen LogP contribution in [0.3, 0.4) is 0 Å². The van der Waals surface area contributed by atoms with Crippen molar-refractivity contribution in [1.29, 1.82) is 0 Å². The zero-order chi connectivity index (χ0) is 32.9. The van der Waals surface area contributed by atoms with Gasteiger partial charge in [0.2, 0.25) is 0 Å². The molecule has 0 aromatic carbocycles. The van der Waals surface area contributed by atoms with Gasteiger partial charge in [-0.1, -0.05) is 32.4 Å². The van der Waals surface area contributed by atoms with E-state index in [1.54, 1.807) is 6.92 Å². The number of hydrogen-bond donors (Lipinski definition) is 8. The Kier molecular flexibility index (Phi) is 8.90. The van der Waals surface area contributed by atoms with Gasteiger partial charge >= 0.3 is 0 Å². The lowest BCUT2D eigenvalue weighted by Crippen LogP contribution is -2.68. The summed E-state index contributed by atoms with van der Waals surface area (Å²) in [6.07, 6.45) is -1.96. The maximum atomic E-state index is 11.6. The predicted octanol–water partition coefficient (Wildman–Crippen LogP) is 0.967. The van der Waals surface area contributed by atoms with E-state index in [-0.39, 0.29) is 29.1 Å². The molecule has 45 heavy (non-hydrogen) atoms. The highest BCUT2D eigenvalue weighted by molar-refractivity contribution is 5.27. The standard InChI is InChI=1S/C34H56O11/c1-16(23-14-32(3,41)34(5,42)30(44-23)45-29-28(40)27(39)26(38)24(15-35)43-29)20-8-9-21-19-7-6-17-12-18(36)13-25(37)33(17,4)22(19)10-11-31(20,21)2/h6,16,18-30,35-42H,7-15H2,1-5H3. The van der Waals surface area contributed by atoms with Crippen LogP contribution in [0.2, 0.25) is 0 Å². The van der Waals surface area contributed by atoms with Crippen LogP contribution in [0, 0.1) is 40.4 Å². The van der Waals surface area contributed by atoms with Crippen LogP contribution in [0.4, 0.5) is 0 Å². The van der Waals surface area contributed by atoms with E-state index in [0.717, 1.165) is 32.1 Å². The molecule has 2 heterocycles. The summed E-state index contributed by atoms with van der Waals surface area (Å²) in [6.45, 7) is 9.07. The zero-order valence-electron chi connectivity index (χ0n) is 27.3. The van der Waals surface area contributed by atoms with Crippen LogP contribution in [-0.2, 0) is 14.2 Å². The van der Waals surface area contributed by atoms with Gasteiger partial charge in [-0.3, -0.25) is 0 Å². The van der Waals surface area contributed by atoms with Crippen molar-refractivity contribution < 1.29 is 55.1 Å². The lowest BCUT2D eigenvalue weighted by atomic mass is 9.46. The van der Waals surface area contributed by atoms with Crippen LogP contribution in [0.5, 0.6) is 0 Å². The van der Waals surface area contributed by atoms with Crippen molar-refractivity contribution in [1.82, 2.24) is 0 Å². The average molecular weight is 641 g/mol. The molecular formula is C34H56O11. The summed E-state index contributed by atoms with van der Waals surface area (Å²) in [5.41, 5.74) is -2.60. The van der Waals surface area contributed by atoms with Gasteiger partial charge in [0.1, 0.15) is 30.0 Å². The Morgan fingerprint density at radius 1 is 0.933 bits per heavy atom. The van der Waals surface area contributed by atoms with Gasteiger partial charge in [0, 0.05) is 18.3 Å². The molecule has 18 atom stereocenters. The monoisotopic (exact) mass is 640 g/mol. The molecule has 2 aliphatic heterocycles. The van der Waals surface area contributed by atoms with Crippen molar-refractivity contribution in [3.8, 4) is 0 Å². The highest BCUT2D eigenvalue weighted by atomic mass is 16.8. The highest BCUT2D eigenvalue weighted by Gasteiger charge is 2.63. The average Bonchev–Trinajstić information content (AvgIpc) is 3.33. The molecule has 0 spiro atoms. The van der Waals surface area contributed by atoms with Gasteiger partial charge < -0.3 is 55.1 Å². The van der Waals surface area contributed by atoms with Gasteiger partial charge in [-0.05, 0) is 87.4 Å². The molecule has 3 saturated carbocycles. The Bertz CT molecular complexity index is 1130. The minimum Gasteiger partial charge on any atom is -0.394 e. The minimum absolute atomic E-state index is 0.0132.